The monoisotopic (exact) mass is 280 g/mol. The Morgan fingerprint density at radius 3 is 2.35 bits per heavy atom. The third kappa shape index (κ3) is 4.21. The summed E-state index contributed by atoms with van der Waals surface area (Å²) in [6, 6.07) is 3.11. The lowest BCUT2D eigenvalue weighted by Crippen LogP contribution is -2.34. The minimum absolute atomic E-state index is 0.269. The molecule has 1 unspecified atom stereocenters. The third-order valence-electron chi connectivity index (χ3n) is 3.19. The average Bonchev–Trinajstić information content (AvgIpc) is 2.39. The zero-order valence-electron chi connectivity index (χ0n) is 12.9. The molecule has 1 aromatic rings. The molecule has 5 heteroatoms. The van der Waals surface area contributed by atoms with Gasteiger partial charge in [-0.2, -0.15) is 0 Å². The fourth-order valence-corrected chi connectivity index (χ4v) is 2.04. The Balaban J connectivity index is 2.96. The van der Waals surface area contributed by atoms with E-state index in [9.17, 15) is 9.90 Å². The number of likely N-dealkylation sites (N-methyl/N-ethyl adjacent to an activating group) is 1. The molecule has 1 atom stereocenters. The first-order chi connectivity index (χ1) is 9.36. The van der Waals surface area contributed by atoms with Crippen LogP contribution in [0.2, 0.25) is 0 Å². The highest BCUT2D eigenvalue weighted by atomic mass is 16.5. The third-order valence-corrected chi connectivity index (χ3v) is 3.19. The first-order valence-electron chi connectivity index (χ1n) is 6.63. The maximum Gasteiger partial charge on any atom is 0.327 e. The van der Waals surface area contributed by atoms with Gasteiger partial charge in [-0.15, -0.1) is 0 Å². The van der Waals surface area contributed by atoms with Crippen molar-refractivity contribution in [3.8, 4) is 5.75 Å². The summed E-state index contributed by atoms with van der Waals surface area (Å²) in [6.45, 7) is 5.13. The lowest BCUT2D eigenvalue weighted by atomic mass is 10.00. The predicted octanol–water partition coefficient (Wildman–Crippen LogP) is 1.37. The zero-order chi connectivity index (χ0) is 15.3. The molecule has 0 aliphatic heterocycles. The Hall–Kier alpha value is -1.59. The fraction of sp³-hybridized carbons (Fsp3) is 0.533. The molecule has 0 heterocycles. The van der Waals surface area contributed by atoms with Gasteiger partial charge >= 0.3 is 5.97 Å². The van der Waals surface area contributed by atoms with Crippen molar-refractivity contribution in [1.82, 2.24) is 10.2 Å². The van der Waals surface area contributed by atoms with Crippen molar-refractivity contribution >= 4 is 5.97 Å². The standard InChI is InChI=1S/C15H24N2O3/c1-10-8-12(9-11(2)14(10)18)13(15(19)20-5)16-6-7-17(3)4/h8-9,13,16,18H,6-7H2,1-5H3. The summed E-state index contributed by atoms with van der Waals surface area (Å²) in [5.41, 5.74) is 2.31. The molecule has 0 saturated carbocycles. The molecule has 112 valence electrons. The van der Waals surface area contributed by atoms with Crippen molar-refractivity contribution in [2.75, 3.05) is 34.3 Å². The smallest absolute Gasteiger partial charge is 0.327 e. The highest BCUT2D eigenvalue weighted by Crippen LogP contribution is 2.26. The van der Waals surface area contributed by atoms with Crippen molar-refractivity contribution in [1.29, 1.82) is 0 Å². The molecular weight excluding hydrogens is 256 g/mol. The number of carbonyl (C=O) groups is 1. The first kappa shape index (κ1) is 16.5. The number of benzene rings is 1. The van der Waals surface area contributed by atoms with Crippen LogP contribution in [0.15, 0.2) is 12.1 Å². The van der Waals surface area contributed by atoms with Crippen LogP contribution in [0.3, 0.4) is 0 Å². The maximum atomic E-state index is 11.9. The second-order valence-corrected chi connectivity index (χ2v) is 5.22. The molecular formula is C15H24N2O3. The molecule has 2 N–H and O–H groups in total. The lowest BCUT2D eigenvalue weighted by molar-refractivity contribution is -0.143. The molecule has 0 aliphatic carbocycles. The van der Waals surface area contributed by atoms with Crippen molar-refractivity contribution in [3.05, 3.63) is 28.8 Å². The van der Waals surface area contributed by atoms with E-state index >= 15 is 0 Å². The minimum Gasteiger partial charge on any atom is -0.507 e. The topological polar surface area (TPSA) is 61.8 Å². The number of aromatic hydroxyl groups is 1. The van der Waals surface area contributed by atoms with Gasteiger partial charge in [0.2, 0.25) is 0 Å². The maximum absolute atomic E-state index is 11.9. The van der Waals surface area contributed by atoms with Gasteiger partial charge in [0.05, 0.1) is 7.11 Å². The van der Waals surface area contributed by atoms with Crippen LogP contribution in [-0.2, 0) is 9.53 Å². The summed E-state index contributed by atoms with van der Waals surface area (Å²) < 4.78 is 4.86. The number of carbonyl (C=O) groups excluding carboxylic acids is 1. The van der Waals surface area contributed by atoms with Crippen LogP contribution in [0.1, 0.15) is 22.7 Å². The number of nitrogens with one attached hydrogen (secondary N) is 1. The van der Waals surface area contributed by atoms with Gasteiger partial charge < -0.3 is 14.7 Å². The molecule has 1 aromatic carbocycles. The Morgan fingerprint density at radius 1 is 1.35 bits per heavy atom. The SMILES string of the molecule is COC(=O)C(NCCN(C)C)c1cc(C)c(O)c(C)c1. The highest BCUT2D eigenvalue weighted by Gasteiger charge is 2.22. The molecule has 1 rings (SSSR count). The number of methoxy groups -OCH3 is 1. The number of phenols is 1. The van der Waals surface area contributed by atoms with E-state index in [0.29, 0.717) is 6.54 Å². The Morgan fingerprint density at radius 2 is 1.90 bits per heavy atom. The number of rotatable bonds is 6. The Kier molecular flexibility index (Phi) is 5.98. The largest absolute Gasteiger partial charge is 0.507 e. The molecule has 0 fully saturated rings. The van der Waals surface area contributed by atoms with Crippen LogP contribution in [-0.4, -0.2) is 50.3 Å². The van der Waals surface area contributed by atoms with E-state index in [1.807, 2.05) is 45.0 Å². The van der Waals surface area contributed by atoms with Crippen molar-refractivity contribution < 1.29 is 14.6 Å². The number of esters is 1. The second kappa shape index (κ2) is 7.26. The van der Waals surface area contributed by atoms with Crippen LogP contribution in [0, 0.1) is 13.8 Å². The number of aryl methyl sites for hydroxylation is 2. The molecule has 0 aromatic heterocycles. The molecule has 0 amide bonds. The zero-order valence-corrected chi connectivity index (χ0v) is 12.9. The van der Waals surface area contributed by atoms with Gasteiger partial charge in [0.25, 0.3) is 0 Å². The summed E-state index contributed by atoms with van der Waals surface area (Å²) >= 11 is 0. The number of phenolic OH excluding ortho intramolecular Hbond substituents is 1. The van der Waals surface area contributed by atoms with Crippen LogP contribution >= 0.6 is 0 Å². The molecule has 20 heavy (non-hydrogen) atoms. The van der Waals surface area contributed by atoms with Gasteiger partial charge in [0.15, 0.2) is 0 Å². The molecule has 0 radical (unpaired) electrons. The van der Waals surface area contributed by atoms with Crippen LogP contribution in [0.4, 0.5) is 0 Å². The quantitative estimate of drug-likeness (QED) is 0.771. The van der Waals surface area contributed by atoms with E-state index in [1.54, 1.807) is 0 Å². The first-order valence-corrected chi connectivity index (χ1v) is 6.63. The number of nitrogens with zero attached hydrogens (tertiary/aromatic N) is 1. The van der Waals surface area contributed by atoms with Crippen LogP contribution < -0.4 is 5.32 Å². The summed E-state index contributed by atoms with van der Waals surface area (Å²) in [5, 5.41) is 13.0. The van der Waals surface area contributed by atoms with Gasteiger partial charge in [-0.3, -0.25) is 5.32 Å². The summed E-state index contributed by atoms with van der Waals surface area (Å²) in [7, 11) is 5.33. The van der Waals surface area contributed by atoms with E-state index < -0.39 is 6.04 Å². The van der Waals surface area contributed by atoms with E-state index in [-0.39, 0.29) is 11.7 Å². The minimum atomic E-state index is -0.516. The van der Waals surface area contributed by atoms with Crippen LogP contribution in [0.25, 0.3) is 0 Å². The number of ether oxygens (including phenoxy) is 1. The second-order valence-electron chi connectivity index (χ2n) is 5.22. The summed E-state index contributed by atoms with van der Waals surface area (Å²) in [5.74, 6) is -0.0566. The molecule has 0 bridgehead atoms. The number of hydrogen-bond acceptors (Lipinski definition) is 5. The van der Waals surface area contributed by atoms with Gasteiger partial charge in [0.1, 0.15) is 11.8 Å². The molecule has 0 aliphatic rings. The predicted molar refractivity (Wildman–Crippen MR) is 78.9 cm³/mol. The van der Waals surface area contributed by atoms with Crippen molar-refractivity contribution in [3.63, 3.8) is 0 Å². The number of hydrogen-bond donors (Lipinski definition) is 2. The molecule has 5 nitrogen and oxygen atoms in total. The van der Waals surface area contributed by atoms with Gasteiger partial charge in [-0.25, -0.2) is 4.79 Å². The van der Waals surface area contributed by atoms with Crippen LogP contribution in [0.5, 0.6) is 5.75 Å². The summed E-state index contributed by atoms with van der Waals surface area (Å²) in [4.78, 5) is 14.0. The van der Waals surface area contributed by atoms with E-state index in [1.165, 1.54) is 7.11 Å². The highest BCUT2D eigenvalue weighted by molar-refractivity contribution is 5.78. The summed E-state index contributed by atoms with van der Waals surface area (Å²) in [6.07, 6.45) is 0. The lowest BCUT2D eigenvalue weighted by Gasteiger charge is -2.20. The Labute approximate surface area is 120 Å². The molecule has 0 saturated heterocycles. The Bertz CT molecular complexity index is 449. The van der Waals surface area contributed by atoms with Crippen molar-refractivity contribution in [2.45, 2.75) is 19.9 Å². The van der Waals surface area contributed by atoms with E-state index in [0.717, 1.165) is 23.2 Å². The van der Waals surface area contributed by atoms with Crippen molar-refractivity contribution in [2.24, 2.45) is 0 Å². The average molecular weight is 280 g/mol. The van der Waals surface area contributed by atoms with E-state index in [2.05, 4.69) is 5.32 Å². The fourth-order valence-electron chi connectivity index (χ4n) is 2.04. The van der Waals surface area contributed by atoms with E-state index in [4.69, 9.17) is 4.74 Å². The van der Waals surface area contributed by atoms with Gasteiger partial charge in [0, 0.05) is 13.1 Å². The normalized spacial score (nSPS) is 12.5. The van der Waals surface area contributed by atoms with Gasteiger partial charge in [-0.05, 0) is 44.6 Å². The van der Waals surface area contributed by atoms with Gasteiger partial charge in [-0.1, -0.05) is 12.1 Å². The molecule has 0 spiro atoms.